The molecule has 0 atom stereocenters. The van der Waals surface area contributed by atoms with Crippen LogP contribution in [0, 0.1) is 0 Å². The maximum atomic E-state index is 6.02. The Bertz CT molecular complexity index is 732. The van der Waals surface area contributed by atoms with Crippen LogP contribution in [0.2, 0.25) is 0 Å². The van der Waals surface area contributed by atoms with Gasteiger partial charge in [-0.05, 0) is 18.6 Å². The highest BCUT2D eigenvalue weighted by molar-refractivity contribution is 5.75. The zero-order chi connectivity index (χ0) is 13.9. The standard InChI is InChI=1S/C15H17N5/c1-2-8-20-9-7-17-14(20)10-13-15(16)19-12-6-4-3-5-11(12)18-13/h3-7,9H,2,8,10H2,1H3,(H2,16,19). The van der Waals surface area contributed by atoms with E-state index in [-0.39, 0.29) is 0 Å². The Balaban J connectivity index is 1.97. The van der Waals surface area contributed by atoms with Crippen LogP contribution in [0.1, 0.15) is 24.9 Å². The number of anilines is 1. The first-order chi connectivity index (χ1) is 9.78. The summed E-state index contributed by atoms with van der Waals surface area (Å²) in [5.41, 5.74) is 8.49. The first kappa shape index (κ1) is 12.6. The van der Waals surface area contributed by atoms with Crippen LogP contribution < -0.4 is 5.73 Å². The van der Waals surface area contributed by atoms with Gasteiger partial charge in [-0.3, -0.25) is 0 Å². The van der Waals surface area contributed by atoms with Crippen molar-refractivity contribution in [2.75, 3.05) is 5.73 Å². The van der Waals surface area contributed by atoms with Gasteiger partial charge in [0.1, 0.15) is 11.6 Å². The topological polar surface area (TPSA) is 69.6 Å². The predicted molar refractivity (Wildman–Crippen MR) is 79.3 cm³/mol. The van der Waals surface area contributed by atoms with Gasteiger partial charge in [-0.15, -0.1) is 0 Å². The lowest BCUT2D eigenvalue weighted by Gasteiger charge is -2.08. The summed E-state index contributed by atoms with van der Waals surface area (Å²) < 4.78 is 2.14. The normalized spacial score (nSPS) is 11.1. The molecule has 0 aliphatic heterocycles. The quantitative estimate of drug-likeness (QED) is 0.788. The third-order valence-corrected chi connectivity index (χ3v) is 3.27. The van der Waals surface area contributed by atoms with Gasteiger partial charge in [-0.2, -0.15) is 0 Å². The number of fused-ring (bicyclic) bond motifs is 1. The summed E-state index contributed by atoms with van der Waals surface area (Å²) in [6.07, 6.45) is 5.48. The van der Waals surface area contributed by atoms with Gasteiger partial charge >= 0.3 is 0 Å². The Labute approximate surface area is 117 Å². The molecule has 102 valence electrons. The highest BCUT2D eigenvalue weighted by Crippen LogP contribution is 2.17. The molecular formula is C15H17N5. The van der Waals surface area contributed by atoms with E-state index in [0.29, 0.717) is 12.2 Å². The molecule has 5 heteroatoms. The van der Waals surface area contributed by atoms with E-state index in [0.717, 1.165) is 35.5 Å². The molecule has 1 aromatic carbocycles. The highest BCUT2D eigenvalue weighted by Gasteiger charge is 2.10. The number of nitrogens with two attached hydrogens (primary N) is 1. The van der Waals surface area contributed by atoms with Crippen molar-refractivity contribution in [3.05, 3.63) is 48.2 Å². The Hall–Kier alpha value is -2.43. The zero-order valence-electron chi connectivity index (χ0n) is 11.5. The summed E-state index contributed by atoms with van der Waals surface area (Å²) in [5.74, 6) is 1.46. The molecule has 0 unspecified atom stereocenters. The summed E-state index contributed by atoms with van der Waals surface area (Å²) in [7, 11) is 0. The molecule has 0 radical (unpaired) electrons. The molecule has 0 spiro atoms. The molecule has 2 N–H and O–H groups in total. The van der Waals surface area contributed by atoms with Crippen LogP contribution in [-0.4, -0.2) is 19.5 Å². The fourth-order valence-electron chi connectivity index (χ4n) is 2.28. The summed E-state index contributed by atoms with van der Waals surface area (Å²) >= 11 is 0. The van der Waals surface area contributed by atoms with E-state index in [2.05, 4.69) is 26.4 Å². The summed E-state index contributed by atoms with van der Waals surface area (Å²) in [5, 5.41) is 0. The molecule has 3 aromatic rings. The second-order valence-corrected chi connectivity index (χ2v) is 4.76. The minimum absolute atomic E-state index is 0.481. The molecule has 2 heterocycles. The van der Waals surface area contributed by atoms with Gasteiger partial charge in [0, 0.05) is 18.9 Å². The first-order valence-electron chi connectivity index (χ1n) is 6.79. The molecule has 20 heavy (non-hydrogen) atoms. The largest absolute Gasteiger partial charge is 0.382 e. The maximum Gasteiger partial charge on any atom is 0.146 e. The van der Waals surface area contributed by atoms with Gasteiger partial charge < -0.3 is 10.3 Å². The summed E-state index contributed by atoms with van der Waals surface area (Å²) in [4.78, 5) is 13.4. The molecule has 0 bridgehead atoms. The number of nitrogen functional groups attached to an aromatic ring is 1. The number of hydrogen-bond donors (Lipinski definition) is 1. The lowest BCUT2D eigenvalue weighted by atomic mass is 10.2. The van der Waals surface area contributed by atoms with Crippen molar-refractivity contribution in [2.45, 2.75) is 26.3 Å². The molecule has 5 nitrogen and oxygen atoms in total. The number of aromatic nitrogens is 4. The van der Waals surface area contributed by atoms with E-state index in [1.165, 1.54) is 0 Å². The molecule has 0 saturated carbocycles. The van der Waals surface area contributed by atoms with Crippen molar-refractivity contribution < 1.29 is 0 Å². The van der Waals surface area contributed by atoms with Crippen molar-refractivity contribution in [3.8, 4) is 0 Å². The second-order valence-electron chi connectivity index (χ2n) is 4.76. The number of aryl methyl sites for hydroxylation is 1. The molecule has 0 fully saturated rings. The number of benzene rings is 1. The van der Waals surface area contributed by atoms with Crippen LogP contribution in [0.3, 0.4) is 0 Å². The SMILES string of the molecule is CCCn1ccnc1Cc1nc2ccccc2nc1N. The van der Waals surface area contributed by atoms with Gasteiger partial charge in [0.2, 0.25) is 0 Å². The third kappa shape index (κ3) is 2.34. The van der Waals surface area contributed by atoms with E-state index in [9.17, 15) is 0 Å². The zero-order valence-corrected chi connectivity index (χ0v) is 11.5. The number of nitrogens with zero attached hydrogens (tertiary/aromatic N) is 4. The molecule has 0 aliphatic rings. The van der Waals surface area contributed by atoms with Crippen molar-refractivity contribution >= 4 is 16.9 Å². The van der Waals surface area contributed by atoms with Gasteiger partial charge in [0.25, 0.3) is 0 Å². The number of rotatable bonds is 4. The molecule has 3 rings (SSSR count). The number of imidazole rings is 1. The van der Waals surface area contributed by atoms with Crippen molar-refractivity contribution in [1.82, 2.24) is 19.5 Å². The average Bonchev–Trinajstić information content (AvgIpc) is 2.87. The van der Waals surface area contributed by atoms with E-state index >= 15 is 0 Å². The minimum atomic E-state index is 0.481. The minimum Gasteiger partial charge on any atom is -0.382 e. The summed E-state index contributed by atoms with van der Waals surface area (Å²) in [6, 6.07) is 7.75. The smallest absolute Gasteiger partial charge is 0.146 e. The highest BCUT2D eigenvalue weighted by atomic mass is 15.1. The predicted octanol–water partition coefficient (Wildman–Crippen LogP) is 2.41. The van der Waals surface area contributed by atoms with E-state index in [4.69, 9.17) is 5.73 Å². The van der Waals surface area contributed by atoms with Crippen LogP contribution in [0.25, 0.3) is 11.0 Å². The fourth-order valence-corrected chi connectivity index (χ4v) is 2.28. The van der Waals surface area contributed by atoms with Crippen LogP contribution in [0.4, 0.5) is 5.82 Å². The molecule has 2 aromatic heterocycles. The van der Waals surface area contributed by atoms with Crippen LogP contribution >= 0.6 is 0 Å². The number of hydrogen-bond acceptors (Lipinski definition) is 4. The molecule has 0 amide bonds. The molecule has 0 aliphatic carbocycles. The van der Waals surface area contributed by atoms with E-state index < -0.39 is 0 Å². The van der Waals surface area contributed by atoms with E-state index in [1.54, 1.807) is 0 Å². The van der Waals surface area contributed by atoms with Crippen LogP contribution in [0.5, 0.6) is 0 Å². The van der Waals surface area contributed by atoms with Crippen molar-refractivity contribution in [3.63, 3.8) is 0 Å². The lowest BCUT2D eigenvalue weighted by Crippen LogP contribution is -2.08. The second kappa shape index (κ2) is 5.28. The Morgan fingerprint density at radius 2 is 1.90 bits per heavy atom. The van der Waals surface area contributed by atoms with Crippen molar-refractivity contribution in [1.29, 1.82) is 0 Å². The Morgan fingerprint density at radius 3 is 2.65 bits per heavy atom. The molecule has 0 saturated heterocycles. The third-order valence-electron chi connectivity index (χ3n) is 3.27. The van der Waals surface area contributed by atoms with Gasteiger partial charge in [0.05, 0.1) is 23.1 Å². The van der Waals surface area contributed by atoms with Crippen LogP contribution in [0.15, 0.2) is 36.7 Å². The number of para-hydroxylation sites is 2. The maximum absolute atomic E-state index is 6.02. The van der Waals surface area contributed by atoms with Crippen molar-refractivity contribution in [2.24, 2.45) is 0 Å². The summed E-state index contributed by atoms with van der Waals surface area (Å²) in [6.45, 7) is 3.10. The molecular weight excluding hydrogens is 250 g/mol. The van der Waals surface area contributed by atoms with Crippen LogP contribution in [-0.2, 0) is 13.0 Å². The Kier molecular flexibility index (Phi) is 3.33. The van der Waals surface area contributed by atoms with Gasteiger partial charge in [0.15, 0.2) is 0 Å². The first-order valence-corrected chi connectivity index (χ1v) is 6.79. The van der Waals surface area contributed by atoms with Gasteiger partial charge in [-0.1, -0.05) is 19.1 Å². The van der Waals surface area contributed by atoms with E-state index in [1.807, 2.05) is 36.7 Å². The monoisotopic (exact) mass is 267 g/mol. The average molecular weight is 267 g/mol. The Morgan fingerprint density at radius 1 is 1.15 bits per heavy atom. The lowest BCUT2D eigenvalue weighted by molar-refractivity contribution is 0.645. The fraction of sp³-hybridized carbons (Fsp3) is 0.267. The van der Waals surface area contributed by atoms with Gasteiger partial charge in [-0.25, -0.2) is 15.0 Å².